The number of nitro groups is 1. The molecule has 0 aliphatic carbocycles. The maximum atomic E-state index is 12.5. The van der Waals surface area contributed by atoms with E-state index in [1.54, 1.807) is 0 Å². The summed E-state index contributed by atoms with van der Waals surface area (Å²) in [4.78, 5) is 10.1. The molecule has 2 aromatic rings. The second-order valence-electron chi connectivity index (χ2n) is 5.49. The first-order chi connectivity index (χ1) is 10.6. The van der Waals surface area contributed by atoms with Crippen molar-refractivity contribution in [2.45, 2.75) is 32.6 Å². The van der Waals surface area contributed by atoms with E-state index in [-0.39, 0.29) is 10.6 Å². The minimum atomic E-state index is -3.81. The summed E-state index contributed by atoms with van der Waals surface area (Å²) in [5, 5.41) is 10.7. The van der Waals surface area contributed by atoms with Crippen molar-refractivity contribution in [1.82, 2.24) is 0 Å². The highest BCUT2D eigenvalue weighted by molar-refractivity contribution is 7.92. The van der Waals surface area contributed by atoms with Crippen molar-refractivity contribution in [3.05, 3.63) is 62.7 Å². The lowest BCUT2D eigenvalue weighted by molar-refractivity contribution is -0.384. The van der Waals surface area contributed by atoms with Gasteiger partial charge < -0.3 is 0 Å². The minimum Gasteiger partial charge on any atom is -0.279 e. The van der Waals surface area contributed by atoms with Crippen LogP contribution in [-0.4, -0.2) is 13.3 Å². The third kappa shape index (κ3) is 3.34. The molecular weight excluding hydrogens is 316 g/mol. The molecule has 0 radical (unpaired) electrons. The van der Waals surface area contributed by atoms with E-state index < -0.39 is 14.9 Å². The zero-order chi connectivity index (χ0) is 17.4. The number of non-ortho nitro benzene ring substituents is 1. The van der Waals surface area contributed by atoms with Crippen molar-refractivity contribution in [1.29, 1.82) is 0 Å². The Morgan fingerprint density at radius 3 is 1.87 bits per heavy atom. The molecule has 122 valence electrons. The molecule has 7 heteroatoms. The molecule has 0 unspecified atom stereocenters. The molecule has 6 nitrogen and oxygen atoms in total. The van der Waals surface area contributed by atoms with Gasteiger partial charge in [-0.15, -0.1) is 0 Å². The Bertz CT molecular complexity index is 846. The second-order valence-corrected chi connectivity index (χ2v) is 7.17. The molecule has 1 N–H and O–H groups in total. The number of nitro benzene ring substituents is 1. The SMILES string of the molecule is Cc1cc(C)c(C)c(NS(=O)(=O)c2ccc([N+](=O)[O-])cc2)c1C. The third-order valence-corrected chi connectivity index (χ3v) is 5.33. The van der Waals surface area contributed by atoms with Crippen LogP contribution in [-0.2, 0) is 10.0 Å². The summed E-state index contributed by atoms with van der Waals surface area (Å²) in [7, 11) is -3.81. The number of hydrogen-bond donors (Lipinski definition) is 1. The Labute approximate surface area is 135 Å². The number of nitrogens with one attached hydrogen (secondary N) is 1. The summed E-state index contributed by atoms with van der Waals surface area (Å²) < 4.78 is 27.7. The summed E-state index contributed by atoms with van der Waals surface area (Å²) in [6.45, 7) is 7.56. The summed E-state index contributed by atoms with van der Waals surface area (Å²) in [6, 6.07) is 6.82. The van der Waals surface area contributed by atoms with Crippen LogP contribution in [0.3, 0.4) is 0 Å². The Morgan fingerprint density at radius 1 is 0.957 bits per heavy atom. The van der Waals surface area contributed by atoms with Crippen molar-refractivity contribution in [3.8, 4) is 0 Å². The lowest BCUT2D eigenvalue weighted by atomic mass is 9.99. The van der Waals surface area contributed by atoms with E-state index in [2.05, 4.69) is 4.72 Å². The van der Waals surface area contributed by atoms with Crippen molar-refractivity contribution >= 4 is 21.4 Å². The van der Waals surface area contributed by atoms with E-state index in [1.807, 2.05) is 33.8 Å². The molecule has 0 spiro atoms. The first-order valence-electron chi connectivity index (χ1n) is 6.98. The molecule has 0 bridgehead atoms. The molecule has 2 aromatic carbocycles. The number of rotatable bonds is 4. The largest absolute Gasteiger partial charge is 0.279 e. The second kappa shape index (κ2) is 6.00. The van der Waals surface area contributed by atoms with Crippen molar-refractivity contribution < 1.29 is 13.3 Å². The first-order valence-corrected chi connectivity index (χ1v) is 8.46. The monoisotopic (exact) mass is 334 g/mol. The maximum absolute atomic E-state index is 12.5. The molecule has 0 fully saturated rings. The highest BCUT2D eigenvalue weighted by Gasteiger charge is 2.19. The lowest BCUT2D eigenvalue weighted by Crippen LogP contribution is -2.15. The van der Waals surface area contributed by atoms with E-state index in [1.165, 1.54) is 24.3 Å². The number of aryl methyl sites for hydroxylation is 2. The number of sulfonamides is 1. The van der Waals surface area contributed by atoms with Gasteiger partial charge in [-0.25, -0.2) is 8.42 Å². The predicted molar refractivity (Wildman–Crippen MR) is 89.3 cm³/mol. The number of nitrogens with zero attached hydrogens (tertiary/aromatic N) is 1. The van der Waals surface area contributed by atoms with Crippen molar-refractivity contribution in [2.24, 2.45) is 0 Å². The van der Waals surface area contributed by atoms with Gasteiger partial charge in [0.1, 0.15) is 0 Å². The van der Waals surface area contributed by atoms with Gasteiger partial charge in [0.05, 0.1) is 15.5 Å². The van der Waals surface area contributed by atoms with Gasteiger partial charge in [-0.05, 0) is 62.1 Å². The molecule has 2 rings (SSSR count). The van der Waals surface area contributed by atoms with E-state index >= 15 is 0 Å². The van der Waals surface area contributed by atoms with E-state index in [9.17, 15) is 18.5 Å². The lowest BCUT2D eigenvalue weighted by Gasteiger charge is -2.17. The summed E-state index contributed by atoms with van der Waals surface area (Å²) >= 11 is 0. The Kier molecular flexibility index (Phi) is 4.42. The third-order valence-electron chi connectivity index (χ3n) is 3.96. The Balaban J connectivity index is 2.45. The van der Waals surface area contributed by atoms with Gasteiger partial charge in [-0.1, -0.05) is 6.07 Å². The van der Waals surface area contributed by atoms with Crippen molar-refractivity contribution in [3.63, 3.8) is 0 Å². The quantitative estimate of drug-likeness (QED) is 0.683. The van der Waals surface area contributed by atoms with Crippen LogP contribution in [0.1, 0.15) is 22.3 Å². The maximum Gasteiger partial charge on any atom is 0.269 e. The fourth-order valence-corrected chi connectivity index (χ4v) is 3.50. The Hall–Kier alpha value is -2.41. The van der Waals surface area contributed by atoms with E-state index in [0.717, 1.165) is 22.3 Å². The molecule has 0 aromatic heterocycles. The molecule has 0 aliphatic heterocycles. The van der Waals surface area contributed by atoms with Gasteiger partial charge >= 0.3 is 0 Å². The van der Waals surface area contributed by atoms with Crippen LogP contribution >= 0.6 is 0 Å². The van der Waals surface area contributed by atoms with E-state index in [0.29, 0.717) is 5.69 Å². The first kappa shape index (κ1) is 17.0. The molecular formula is C16H18N2O4S. The van der Waals surface area contributed by atoms with Crippen LogP contribution in [0.5, 0.6) is 0 Å². The molecule has 0 saturated heterocycles. The molecule has 23 heavy (non-hydrogen) atoms. The molecule has 0 saturated carbocycles. The van der Waals surface area contributed by atoms with Gasteiger partial charge in [0.25, 0.3) is 15.7 Å². The van der Waals surface area contributed by atoms with Gasteiger partial charge in [0, 0.05) is 12.1 Å². The summed E-state index contributed by atoms with van der Waals surface area (Å²) in [5.41, 5.74) is 4.12. The van der Waals surface area contributed by atoms with Gasteiger partial charge in [0.15, 0.2) is 0 Å². The summed E-state index contributed by atoms with van der Waals surface area (Å²) in [6.07, 6.45) is 0. The van der Waals surface area contributed by atoms with Crippen LogP contribution in [0.25, 0.3) is 0 Å². The van der Waals surface area contributed by atoms with Crippen LogP contribution in [0.4, 0.5) is 11.4 Å². The molecule has 0 amide bonds. The molecule has 0 atom stereocenters. The van der Waals surface area contributed by atoms with Crippen LogP contribution in [0.2, 0.25) is 0 Å². The standard InChI is InChI=1S/C16H18N2O4S/c1-10-9-11(2)13(4)16(12(10)3)17-23(21,22)15-7-5-14(6-8-15)18(19)20/h5-9,17H,1-4H3. The van der Waals surface area contributed by atoms with Gasteiger partial charge in [0.2, 0.25) is 0 Å². The highest BCUT2D eigenvalue weighted by atomic mass is 32.2. The number of anilines is 1. The number of hydrogen-bond acceptors (Lipinski definition) is 4. The minimum absolute atomic E-state index is 0.0129. The summed E-state index contributed by atoms with van der Waals surface area (Å²) in [5.74, 6) is 0. The van der Waals surface area contributed by atoms with Gasteiger partial charge in [-0.2, -0.15) is 0 Å². The molecule has 0 heterocycles. The number of benzene rings is 2. The Morgan fingerprint density at radius 2 is 1.43 bits per heavy atom. The topological polar surface area (TPSA) is 89.3 Å². The fraction of sp³-hybridized carbons (Fsp3) is 0.250. The average Bonchev–Trinajstić information content (AvgIpc) is 2.49. The zero-order valence-corrected chi connectivity index (χ0v) is 14.2. The van der Waals surface area contributed by atoms with Crippen LogP contribution < -0.4 is 4.72 Å². The fourth-order valence-electron chi connectivity index (χ4n) is 2.31. The van der Waals surface area contributed by atoms with Crippen LogP contribution in [0, 0.1) is 37.8 Å². The normalized spacial score (nSPS) is 11.3. The van der Waals surface area contributed by atoms with Crippen molar-refractivity contribution in [2.75, 3.05) is 4.72 Å². The average molecular weight is 334 g/mol. The van der Waals surface area contributed by atoms with Crippen LogP contribution in [0.15, 0.2) is 35.2 Å². The van der Waals surface area contributed by atoms with E-state index in [4.69, 9.17) is 0 Å². The smallest absolute Gasteiger partial charge is 0.269 e. The molecule has 0 aliphatic rings. The highest BCUT2D eigenvalue weighted by Crippen LogP contribution is 2.29. The predicted octanol–water partition coefficient (Wildman–Crippen LogP) is 3.63. The van der Waals surface area contributed by atoms with Gasteiger partial charge in [-0.3, -0.25) is 14.8 Å². The zero-order valence-electron chi connectivity index (χ0n) is 13.4.